The van der Waals surface area contributed by atoms with Gasteiger partial charge < -0.3 is 20.6 Å². The number of methoxy groups -OCH3 is 1. The van der Waals surface area contributed by atoms with E-state index in [1.807, 2.05) is 0 Å². The van der Waals surface area contributed by atoms with Crippen molar-refractivity contribution in [2.45, 2.75) is 0 Å². The van der Waals surface area contributed by atoms with E-state index in [1.54, 1.807) is 18.2 Å². The molecule has 0 unspecified atom stereocenters. The SMILES string of the molecule is COC(=N)c1ccc(NCCON)c(N)c1. The second-order valence-corrected chi connectivity index (χ2v) is 3.13. The zero-order valence-corrected chi connectivity index (χ0v) is 9.12. The van der Waals surface area contributed by atoms with Crippen molar-refractivity contribution in [2.24, 2.45) is 5.90 Å². The maximum absolute atomic E-state index is 7.48. The highest BCUT2D eigenvalue weighted by Gasteiger charge is 2.04. The number of benzene rings is 1. The topological polar surface area (TPSA) is 106 Å². The van der Waals surface area contributed by atoms with Crippen LogP contribution in [0.3, 0.4) is 0 Å². The van der Waals surface area contributed by atoms with Crippen LogP contribution in [0.4, 0.5) is 11.4 Å². The highest BCUT2D eigenvalue weighted by molar-refractivity contribution is 5.93. The normalized spacial score (nSPS) is 9.88. The molecule has 6 nitrogen and oxygen atoms in total. The fraction of sp³-hybridized carbons (Fsp3) is 0.300. The standard InChI is InChI=1S/C10H16N4O2/c1-15-10(12)7-2-3-9(8(11)6-7)14-4-5-16-13/h2-3,6,12,14H,4-5,11,13H2,1H3. The molecule has 0 radical (unpaired) electrons. The van der Waals surface area contributed by atoms with Crippen LogP contribution >= 0.6 is 0 Å². The molecule has 1 aromatic carbocycles. The third-order valence-corrected chi connectivity index (χ3v) is 2.05. The number of nitrogens with two attached hydrogens (primary N) is 2. The molecule has 0 aliphatic carbocycles. The van der Waals surface area contributed by atoms with Crippen molar-refractivity contribution in [1.29, 1.82) is 5.41 Å². The van der Waals surface area contributed by atoms with Gasteiger partial charge in [-0.1, -0.05) is 0 Å². The fourth-order valence-corrected chi connectivity index (χ4v) is 1.23. The van der Waals surface area contributed by atoms with Crippen LogP contribution in [0.1, 0.15) is 5.56 Å². The highest BCUT2D eigenvalue weighted by Crippen LogP contribution is 2.19. The van der Waals surface area contributed by atoms with Crippen LogP contribution in [0.2, 0.25) is 0 Å². The van der Waals surface area contributed by atoms with E-state index in [4.69, 9.17) is 21.8 Å². The lowest BCUT2D eigenvalue weighted by molar-refractivity contribution is 0.148. The van der Waals surface area contributed by atoms with Crippen LogP contribution in [0, 0.1) is 5.41 Å². The molecule has 0 heterocycles. The van der Waals surface area contributed by atoms with Crippen molar-refractivity contribution in [1.82, 2.24) is 0 Å². The first-order chi connectivity index (χ1) is 7.69. The fourth-order valence-electron chi connectivity index (χ4n) is 1.23. The Morgan fingerprint density at radius 2 is 2.25 bits per heavy atom. The largest absolute Gasteiger partial charge is 0.481 e. The molecule has 0 fully saturated rings. The smallest absolute Gasteiger partial charge is 0.212 e. The van der Waals surface area contributed by atoms with Gasteiger partial charge in [0.05, 0.1) is 25.1 Å². The van der Waals surface area contributed by atoms with Crippen molar-refractivity contribution >= 4 is 17.3 Å². The Morgan fingerprint density at radius 1 is 1.50 bits per heavy atom. The number of hydrogen-bond acceptors (Lipinski definition) is 6. The van der Waals surface area contributed by atoms with Crippen LogP contribution < -0.4 is 16.9 Å². The molecular weight excluding hydrogens is 208 g/mol. The van der Waals surface area contributed by atoms with E-state index in [1.165, 1.54) is 7.11 Å². The van der Waals surface area contributed by atoms with Gasteiger partial charge in [0.2, 0.25) is 5.90 Å². The molecule has 0 aliphatic heterocycles. The van der Waals surface area contributed by atoms with Gasteiger partial charge in [-0.15, -0.1) is 0 Å². The predicted molar refractivity (Wildman–Crippen MR) is 63.3 cm³/mol. The molecule has 16 heavy (non-hydrogen) atoms. The van der Waals surface area contributed by atoms with Crippen LogP contribution in [0.5, 0.6) is 0 Å². The van der Waals surface area contributed by atoms with E-state index in [2.05, 4.69) is 10.2 Å². The molecule has 0 spiro atoms. The minimum absolute atomic E-state index is 0.0866. The summed E-state index contributed by atoms with van der Waals surface area (Å²) in [5.41, 5.74) is 7.78. The molecule has 0 bridgehead atoms. The summed E-state index contributed by atoms with van der Waals surface area (Å²) in [7, 11) is 1.45. The molecule has 0 amide bonds. The van der Waals surface area contributed by atoms with Gasteiger partial charge in [0, 0.05) is 12.1 Å². The van der Waals surface area contributed by atoms with Crippen molar-refractivity contribution in [3.8, 4) is 0 Å². The van der Waals surface area contributed by atoms with Crippen molar-refractivity contribution in [3.63, 3.8) is 0 Å². The minimum atomic E-state index is 0.0866. The van der Waals surface area contributed by atoms with Gasteiger partial charge in [-0.25, -0.2) is 5.90 Å². The third kappa shape index (κ3) is 3.11. The van der Waals surface area contributed by atoms with Crippen LogP contribution in [-0.4, -0.2) is 26.2 Å². The Bertz CT molecular complexity index is 368. The lowest BCUT2D eigenvalue weighted by Gasteiger charge is -2.10. The lowest BCUT2D eigenvalue weighted by atomic mass is 10.1. The van der Waals surface area contributed by atoms with E-state index in [9.17, 15) is 0 Å². The molecule has 1 aromatic rings. The molecule has 6 N–H and O–H groups in total. The van der Waals surface area contributed by atoms with Crippen LogP contribution in [0.25, 0.3) is 0 Å². The Morgan fingerprint density at radius 3 is 2.81 bits per heavy atom. The van der Waals surface area contributed by atoms with Crippen molar-refractivity contribution in [3.05, 3.63) is 23.8 Å². The van der Waals surface area contributed by atoms with E-state index in [0.717, 1.165) is 5.69 Å². The average molecular weight is 224 g/mol. The Labute approximate surface area is 94.0 Å². The van der Waals surface area contributed by atoms with Gasteiger partial charge in [-0.3, -0.25) is 5.41 Å². The number of nitrogens with one attached hydrogen (secondary N) is 2. The van der Waals surface area contributed by atoms with Gasteiger partial charge >= 0.3 is 0 Å². The van der Waals surface area contributed by atoms with Crippen LogP contribution in [-0.2, 0) is 9.57 Å². The quantitative estimate of drug-likeness (QED) is 0.192. The third-order valence-electron chi connectivity index (χ3n) is 2.05. The minimum Gasteiger partial charge on any atom is -0.481 e. The van der Waals surface area contributed by atoms with E-state index in [-0.39, 0.29) is 5.90 Å². The van der Waals surface area contributed by atoms with Crippen LogP contribution in [0.15, 0.2) is 18.2 Å². The number of hydrogen-bond donors (Lipinski definition) is 4. The molecule has 0 saturated carbocycles. The maximum atomic E-state index is 7.48. The zero-order valence-electron chi connectivity index (χ0n) is 9.12. The molecular formula is C10H16N4O2. The summed E-state index contributed by atoms with van der Waals surface area (Å²) in [5, 5.41) is 10.5. The summed E-state index contributed by atoms with van der Waals surface area (Å²) >= 11 is 0. The van der Waals surface area contributed by atoms with Gasteiger partial charge in [-0.2, -0.15) is 0 Å². The van der Waals surface area contributed by atoms with E-state index >= 15 is 0 Å². The highest BCUT2D eigenvalue weighted by atomic mass is 16.6. The summed E-state index contributed by atoms with van der Waals surface area (Å²) in [6, 6.07) is 5.22. The van der Waals surface area contributed by atoms with Gasteiger partial charge in [0.25, 0.3) is 0 Å². The van der Waals surface area contributed by atoms with E-state index in [0.29, 0.717) is 24.4 Å². The molecule has 0 saturated heterocycles. The van der Waals surface area contributed by atoms with Crippen molar-refractivity contribution in [2.75, 3.05) is 31.3 Å². The first-order valence-corrected chi connectivity index (χ1v) is 4.77. The Hall–Kier alpha value is -1.79. The zero-order chi connectivity index (χ0) is 12.0. The summed E-state index contributed by atoms with van der Waals surface area (Å²) in [5.74, 6) is 4.98. The number of rotatable bonds is 5. The van der Waals surface area contributed by atoms with Crippen molar-refractivity contribution < 1.29 is 9.57 Å². The second kappa shape index (κ2) is 5.94. The number of ether oxygens (including phenoxy) is 1. The summed E-state index contributed by atoms with van der Waals surface area (Å²) < 4.78 is 4.80. The maximum Gasteiger partial charge on any atom is 0.212 e. The summed E-state index contributed by atoms with van der Waals surface area (Å²) in [6.45, 7) is 0.969. The Kier molecular flexibility index (Phi) is 4.56. The molecule has 88 valence electrons. The summed E-state index contributed by atoms with van der Waals surface area (Å²) in [6.07, 6.45) is 0. The first-order valence-electron chi connectivity index (χ1n) is 4.77. The Balaban J connectivity index is 2.71. The predicted octanol–water partition coefficient (Wildman–Crippen LogP) is 0.543. The van der Waals surface area contributed by atoms with E-state index < -0.39 is 0 Å². The molecule has 1 rings (SSSR count). The number of nitrogen functional groups attached to an aromatic ring is 1. The average Bonchev–Trinajstić information content (AvgIpc) is 2.30. The lowest BCUT2D eigenvalue weighted by Crippen LogP contribution is -2.13. The molecule has 0 atom stereocenters. The van der Waals surface area contributed by atoms with Gasteiger partial charge in [0.1, 0.15) is 0 Å². The molecule has 0 aromatic heterocycles. The summed E-state index contributed by atoms with van der Waals surface area (Å²) in [4.78, 5) is 4.43. The first kappa shape index (κ1) is 12.3. The molecule has 6 heteroatoms. The van der Waals surface area contributed by atoms with Gasteiger partial charge in [0.15, 0.2) is 0 Å². The number of anilines is 2. The van der Waals surface area contributed by atoms with Gasteiger partial charge in [-0.05, 0) is 18.2 Å². The second-order valence-electron chi connectivity index (χ2n) is 3.13. The monoisotopic (exact) mass is 224 g/mol. The molecule has 0 aliphatic rings.